The molecule has 4 nitrogen and oxygen atoms in total. The maximum atomic E-state index is 13.4. The number of nitrogens with one attached hydrogen (secondary N) is 2. The van der Waals surface area contributed by atoms with E-state index in [-0.39, 0.29) is 5.82 Å². The van der Waals surface area contributed by atoms with E-state index in [2.05, 4.69) is 21.3 Å². The van der Waals surface area contributed by atoms with E-state index in [0.29, 0.717) is 12.5 Å². The summed E-state index contributed by atoms with van der Waals surface area (Å²) in [6.07, 6.45) is 5.21. The highest BCUT2D eigenvalue weighted by Gasteiger charge is 2.26. The van der Waals surface area contributed by atoms with Crippen LogP contribution in [0, 0.1) is 11.7 Å². The third-order valence-electron chi connectivity index (χ3n) is 6.19. The Hall–Kier alpha value is -2.37. The molecule has 1 saturated heterocycles. The molecule has 150 valence electrons. The molecule has 29 heavy (non-hydrogen) atoms. The molecule has 5 rings (SSSR count). The van der Waals surface area contributed by atoms with Crippen LogP contribution in [-0.2, 0) is 13.0 Å². The normalized spacial score (nSPS) is 17.8. The average Bonchev–Trinajstić information content (AvgIpc) is 3.14. The third-order valence-corrected chi connectivity index (χ3v) is 6.54. The Kier molecular flexibility index (Phi) is 5.02. The van der Waals surface area contributed by atoms with Crippen molar-refractivity contribution in [3.63, 3.8) is 0 Å². The standard InChI is InChI=1S/C23H24ClFN4/c24-20-2-1-3-21-19(20)14-27-23(28-21)15-6-9-29(10-7-15)11-8-16-13-26-22-12-17(25)4-5-18(16)22/h1-5,12-13,15,26H,6-11,14H2,(H,27,28). The van der Waals surface area contributed by atoms with Gasteiger partial charge in [-0.2, -0.15) is 0 Å². The second-order valence-corrected chi connectivity index (χ2v) is 8.37. The molecule has 0 bridgehead atoms. The lowest BCUT2D eigenvalue weighted by Gasteiger charge is -2.34. The van der Waals surface area contributed by atoms with E-state index >= 15 is 0 Å². The van der Waals surface area contributed by atoms with E-state index in [9.17, 15) is 4.39 Å². The minimum atomic E-state index is -0.197. The number of aromatic amines is 1. The molecule has 2 N–H and O–H groups in total. The first-order valence-electron chi connectivity index (χ1n) is 10.2. The van der Waals surface area contributed by atoms with Gasteiger partial charge in [-0.05, 0) is 68.2 Å². The molecule has 0 unspecified atom stereocenters. The van der Waals surface area contributed by atoms with Crippen molar-refractivity contribution in [1.29, 1.82) is 0 Å². The van der Waals surface area contributed by atoms with Crippen LogP contribution in [0.2, 0.25) is 5.02 Å². The van der Waals surface area contributed by atoms with Crippen molar-refractivity contribution in [2.24, 2.45) is 10.9 Å². The van der Waals surface area contributed by atoms with E-state index in [1.807, 2.05) is 24.4 Å². The smallest absolute Gasteiger partial charge is 0.125 e. The monoisotopic (exact) mass is 410 g/mol. The molecule has 1 aromatic heterocycles. The minimum absolute atomic E-state index is 0.197. The Morgan fingerprint density at radius 3 is 2.90 bits per heavy atom. The van der Waals surface area contributed by atoms with E-state index < -0.39 is 0 Å². The number of amidine groups is 1. The number of hydrogen-bond donors (Lipinski definition) is 2. The zero-order chi connectivity index (χ0) is 19.8. The fraction of sp³-hybridized carbons (Fsp3) is 0.348. The first-order valence-corrected chi connectivity index (χ1v) is 10.6. The third kappa shape index (κ3) is 3.77. The average molecular weight is 411 g/mol. The SMILES string of the molecule is Fc1ccc2c(CCN3CCC(C4=NCc5c(Cl)cccc5N4)CC3)c[nH]c2c1. The summed E-state index contributed by atoms with van der Waals surface area (Å²) in [7, 11) is 0. The molecule has 0 radical (unpaired) electrons. The van der Waals surface area contributed by atoms with Gasteiger partial charge in [0.15, 0.2) is 0 Å². The quantitative estimate of drug-likeness (QED) is 0.617. The van der Waals surface area contributed by atoms with Gasteiger partial charge < -0.3 is 15.2 Å². The number of piperidine rings is 1. The summed E-state index contributed by atoms with van der Waals surface area (Å²) in [5.41, 5.74) is 4.32. The van der Waals surface area contributed by atoms with Crippen LogP contribution in [0.25, 0.3) is 10.9 Å². The van der Waals surface area contributed by atoms with Crippen LogP contribution in [0.5, 0.6) is 0 Å². The minimum Gasteiger partial charge on any atom is -0.361 e. The molecular formula is C23H24ClFN4. The van der Waals surface area contributed by atoms with E-state index in [1.54, 1.807) is 6.07 Å². The molecule has 2 aromatic carbocycles. The van der Waals surface area contributed by atoms with Crippen molar-refractivity contribution in [3.8, 4) is 0 Å². The van der Waals surface area contributed by atoms with Gasteiger partial charge in [-0.15, -0.1) is 0 Å². The Morgan fingerprint density at radius 1 is 1.17 bits per heavy atom. The maximum absolute atomic E-state index is 13.4. The lowest BCUT2D eigenvalue weighted by molar-refractivity contribution is 0.211. The summed E-state index contributed by atoms with van der Waals surface area (Å²) >= 11 is 6.28. The summed E-state index contributed by atoms with van der Waals surface area (Å²) in [6, 6.07) is 11.0. The fourth-order valence-corrected chi connectivity index (χ4v) is 4.72. The van der Waals surface area contributed by atoms with Gasteiger partial charge in [0.2, 0.25) is 0 Å². The summed E-state index contributed by atoms with van der Waals surface area (Å²) in [5, 5.41) is 5.42. The number of nitrogens with zero attached hydrogens (tertiary/aromatic N) is 2. The number of likely N-dealkylation sites (tertiary alicyclic amines) is 1. The first kappa shape index (κ1) is 18.6. The molecule has 0 spiro atoms. The van der Waals surface area contributed by atoms with E-state index in [0.717, 1.165) is 71.9 Å². The Labute approximate surface area is 174 Å². The van der Waals surface area contributed by atoms with Crippen LogP contribution < -0.4 is 5.32 Å². The number of fused-ring (bicyclic) bond motifs is 2. The van der Waals surface area contributed by atoms with Gasteiger partial charge in [-0.25, -0.2) is 4.39 Å². The number of H-pyrrole nitrogens is 1. The van der Waals surface area contributed by atoms with Crippen LogP contribution in [0.1, 0.15) is 24.0 Å². The fourth-order valence-electron chi connectivity index (χ4n) is 4.48. The van der Waals surface area contributed by atoms with Crippen molar-refractivity contribution < 1.29 is 4.39 Å². The molecule has 0 saturated carbocycles. The maximum Gasteiger partial charge on any atom is 0.125 e. The number of anilines is 1. The summed E-state index contributed by atoms with van der Waals surface area (Å²) in [4.78, 5) is 10.5. The number of hydrogen-bond acceptors (Lipinski definition) is 3. The van der Waals surface area contributed by atoms with Crippen LogP contribution in [-0.4, -0.2) is 35.4 Å². The van der Waals surface area contributed by atoms with Gasteiger partial charge in [0.25, 0.3) is 0 Å². The summed E-state index contributed by atoms with van der Waals surface area (Å²) in [5.74, 6) is 1.39. The highest BCUT2D eigenvalue weighted by Crippen LogP contribution is 2.31. The highest BCUT2D eigenvalue weighted by atomic mass is 35.5. The second kappa shape index (κ2) is 7.81. The lowest BCUT2D eigenvalue weighted by atomic mass is 9.94. The van der Waals surface area contributed by atoms with Crippen molar-refractivity contribution >= 4 is 34.0 Å². The number of rotatable bonds is 4. The van der Waals surface area contributed by atoms with Gasteiger partial charge >= 0.3 is 0 Å². The molecule has 1 fully saturated rings. The molecule has 6 heteroatoms. The van der Waals surface area contributed by atoms with Crippen molar-refractivity contribution in [3.05, 3.63) is 64.6 Å². The number of aromatic nitrogens is 1. The molecule has 3 heterocycles. The topological polar surface area (TPSA) is 43.4 Å². The molecule has 0 aliphatic carbocycles. The predicted octanol–water partition coefficient (Wildman–Crippen LogP) is 5.24. The van der Waals surface area contributed by atoms with Crippen molar-refractivity contribution in [2.45, 2.75) is 25.8 Å². The van der Waals surface area contributed by atoms with Crippen LogP contribution in [0.3, 0.4) is 0 Å². The van der Waals surface area contributed by atoms with Gasteiger partial charge in [0, 0.05) is 45.8 Å². The van der Waals surface area contributed by atoms with E-state index in [4.69, 9.17) is 16.6 Å². The second-order valence-electron chi connectivity index (χ2n) is 7.96. The number of benzene rings is 2. The number of halogens is 2. The zero-order valence-corrected chi connectivity index (χ0v) is 17.0. The van der Waals surface area contributed by atoms with Crippen LogP contribution in [0.4, 0.5) is 10.1 Å². The van der Waals surface area contributed by atoms with Crippen LogP contribution in [0.15, 0.2) is 47.6 Å². The summed E-state index contributed by atoms with van der Waals surface area (Å²) in [6.45, 7) is 3.84. The van der Waals surface area contributed by atoms with Gasteiger partial charge in [-0.1, -0.05) is 17.7 Å². The Morgan fingerprint density at radius 2 is 2.03 bits per heavy atom. The molecule has 2 aliphatic rings. The lowest BCUT2D eigenvalue weighted by Crippen LogP contribution is -2.39. The predicted molar refractivity (Wildman–Crippen MR) is 117 cm³/mol. The van der Waals surface area contributed by atoms with E-state index in [1.165, 1.54) is 11.6 Å². The largest absolute Gasteiger partial charge is 0.361 e. The van der Waals surface area contributed by atoms with Gasteiger partial charge in [0.1, 0.15) is 11.7 Å². The van der Waals surface area contributed by atoms with Crippen LogP contribution >= 0.6 is 11.6 Å². The molecule has 0 atom stereocenters. The zero-order valence-electron chi connectivity index (χ0n) is 16.2. The van der Waals surface area contributed by atoms with Gasteiger partial charge in [-0.3, -0.25) is 4.99 Å². The molecule has 3 aromatic rings. The van der Waals surface area contributed by atoms with Gasteiger partial charge in [0.05, 0.1) is 6.54 Å². The van der Waals surface area contributed by atoms with Crippen molar-refractivity contribution in [1.82, 2.24) is 9.88 Å². The molecule has 2 aliphatic heterocycles. The molecular weight excluding hydrogens is 387 g/mol. The number of aliphatic imine (C=N–C) groups is 1. The Balaban J connectivity index is 1.16. The highest BCUT2D eigenvalue weighted by molar-refractivity contribution is 6.32. The Bertz CT molecular complexity index is 1070. The first-order chi connectivity index (χ1) is 14.2. The van der Waals surface area contributed by atoms with Crippen molar-refractivity contribution in [2.75, 3.05) is 25.0 Å². The summed E-state index contributed by atoms with van der Waals surface area (Å²) < 4.78 is 13.4. The molecule has 0 amide bonds.